The molecule has 5 atom stereocenters. The van der Waals surface area contributed by atoms with Crippen LogP contribution >= 0.6 is 0 Å². The highest BCUT2D eigenvalue weighted by molar-refractivity contribution is 7.91. The van der Waals surface area contributed by atoms with Gasteiger partial charge < -0.3 is 29.7 Å². The fraction of sp³-hybridized carbons (Fsp3) is 0.583. The number of sulfonamides is 1. The molecular formula is C36H49N5O10S. The van der Waals surface area contributed by atoms with Crippen LogP contribution in [0.1, 0.15) is 71.3 Å². The molecule has 1 aromatic rings. The molecule has 15 nitrogen and oxygen atoms in total. The second-order valence-corrected chi connectivity index (χ2v) is 16.8. The van der Waals surface area contributed by atoms with Gasteiger partial charge in [-0.15, -0.1) is 6.58 Å². The Hall–Kier alpha value is -4.60. The Morgan fingerprint density at radius 1 is 1.12 bits per heavy atom. The maximum atomic E-state index is 14.3. The van der Waals surface area contributed by atoms with E-state index in [0.717, 1.165) is 18.4 Å². The summed E-state index contributed by atoms with van der Waals surface area (Å²) >= 11 is 0. The molecule has 1 aromatic carbocycles. The van der Waals surface area contributed by atoms with Gasteiger partial charge in [0.15, 0.2) is 0 Å². The van der Waals surface area contributed by atoms with E-state index < -0.39 is 80.2 Å². The van der Waals surface area contributed by atoms with Crippen molar-refractivity contribution < 1.29 is 46.6 Å². The Bertz CT molecular complexity index is 1720. The van der Waals surface area contributed by atoms with Gasteiger partial charge in [-0.05, 0) is 74.1 Å². The number of alkyl carbamates (subject to hydrolysis) is 1. The van der Waals surface area contributed by atoms with Crippen molar-refractivity contribution in [3.8, 4) is 5.75 Å². The first kappa shape index (κ1) is 38.6. The highest BCUT2D eigenvalue weighted by Gasteiger charge is 2.62. The lowest BCUT2D eigenvalue weighted by atomic mass is 9.85. The number of rotatable bonds is 7. The van der Waals surface area contributed by atoms with Crippen LogP contribution in [-0.2, 0) is 40.3 Å². The molecule has 3 fully saturated rings. The van der Waals surface area contributed by atoms with Crippen LogP contribution in [-0.4, -0.2) is 92.5 Å². The molecule has 4 aliphatic rings. The minimum Gasteiger partial charge on any atom is -0.496 e. The second kappa shape index (κ2) is 15.6. The van der Waals surface area contributed by atoms with Gasteiger partial charge in [-0.25, -0.2) is 18.0 Å². The van der Waals surface area contributed by atoms with Crippen LogP contribution in [0.4, 0.5) is 15.3 Å². The van der Waals surface area contributed by atoms with Crippen LogP contribution in [0.5, 0.6) is 5.75 Å². The number of nitrogens with zero attached hydrogens (tertiary/aromatic N) is 1. The molecule has 5 rings (SSSR count). The van der Waals surface area contributed by atoms with Crippen LogP contribution in [0, 0.1) is 11.3 Å². The zero-order valence-electron chi connectivity index (χ0n) is 30.1. The number of benzene rings is 1. The molecule has 4 N–H and O–H groups in total. The summed E-state index contributed by atoms with van der Waals surface area (Å²) in [5, 5.41) is 7.43. The third-order valence-electron chi connectivity index (χ3n) is 9.78. The van der Waals surface area contributed by atoms with Crippen molar-refractivity contribution in [3.05, 3.63) is 48.6 Å². The number of anilines is 1. The molecule has 1 saturated heterocycles. The first-order valence-corrected chi connectivity index (χ1v) is 19.2. The standard InChI is InChI=1S/C36H49N5O10S/c1-6-23-20-36(23,32(44)40-52(47,48)26-14-15-26)39-30(42)27-19-25-21-41(27)31(43)29(35(2,3)4)38-33(45)50-17-11-9-7-8-10-12-22-18-24(37-34(46)51-25)13-16-28(22)49-5/h6,8,10,13,16,18,23,25-27,29H,1,7,9,11-12,14-15,17,19-21H2,2-5H3,(H,37,46)(H,38,45)(H,39,42)(H,40,44)/b10-8-/t23-,25-,27+,29-,36-/m1/s1. The lowest BCUT2D eigenvalue weighted by Gasteiger charge is -2.35. The number of ether oxygens (including phenoxy) is 3. The summed E-state index contributed by atoms with van der Waals surface area (Å²) in [6.07, 6.45) is 6.37. The van der Waals surface area contributed by atoms with Gasteiger partial charge in [0.1, 0.15) is 29.5 Å². The Labute approximate surface area is 304 Å². The first-order chi connectivity index (χ1) is 24.6. The van der Waals surface area contributed by atoms with Crippen LogP contribution < -0.4 is 25.4 Å². The molecule has 0 spiro atoms. The van der Waals surface area contributed by atoms with Gasteiger partial charge in [-0.3, -0.25) is 24.4 Å². The van der Waals surface area contributed by atoms with Crippen molar-refractivity contribution >= 4 is 45.6 Å². The average Bonchev–Trinajstić information content (AvgIpc) is 4.00. The van der Waals surface area contributed by atoms with Gasteiger partial charge in [-0.2, -0.15) is 0 Å². The summed E-state index contributed by atoms with van der Waals surface area (Å²) in [6, 6.07) is 2.77. The van der Waals surface area contributed by atoms with Gasteiger partial charge in [0.2, 0.25) is 21.8 Å². The molecule has 0 aromatic heterocycles. The van der Waals surface area contributed by atoms with E-state index in [2.05, 4.69) is 27.3 Å². The van der Waals surface area contributed by atoms with Crippen LogP contribution in [0.2, 0.25) is 0 Å². The normalized spacial score (nSPS) is 28.1. The lowest BCUT2D eigenvalue weighted by Crippen LogP contribution is -2.60. The molecule has 284 valence electrons. The quantitative estimate of drug-likeness (QED) is 0.301. The fourth-order valence-electron chi connectivity index (χ4n) is 6.54. The van der Waals surface area contributed by atoms with Crippen LogP contribution in [0.15, 0.2) is 43.0 Å². The van der Waals surface area contributed by atoms with Gasteiger partial charge >= 0.3 is 12.2 Å². The van der Waals surface area contributed by atoms with Gasteiger partial charge in [0.05, 0.1) is 25.5 Å². The molecule has 5 amide bonds. The van der Waals surface area contributed by atoms with Crippen LogP contribution in [0.25, 0.3) is 0 Å². The highest BCUT2D eigenvalue weighted by atomic mass is 32.2. The summed E-state index contributed by atoms with van der Waals surface area (Å²) in [6.45, 7) is 8.90. The van der Waals surface area contributed by atoms with Crippen molar-refractivity contribution in [1.82, 2.24) is 20.3 Å². The fourth-order valence-corrected chi connectivity index (χ4v) is 7.90. The number of cyclic esters (lactones) is 1. The lowest BCUT2D eigenvalue weighted by molar-refractivity contribution is -0.142. The third kappa shape index (κ3) is 9.06. The Morgan fingerprint density at radius 2 is 1.87 bits per heavy atom. The molecule has 2 aliphatic heterocycles. The Balaban J connectivity index is 1.42. The van der Waals surface area contributed by atoms with Crippen LogP contribution in [0.3, 0.4) is 0 Å². The molecule has 2 aliphatic carbocycles. The summed E-state index contributed by atoms with van der Waals surface area (Å²) < 4.78 is 44.0. The smallest absolute Gasteiger partial charge is 0.411 e. The monoisotopic (exact) mass is 743 g/mol. The maximum Gasteiger partial charge on any atom is 0.411 e. The van der Waals surface area contributed by atoms with Gasteiger partial charge in [0.25, 0.3) is 5.91 Å². The number of carbonyl (C=O) groups is 5. The second-order valence-electron chi connectivity index (χ2n) is 14.9. The molecule has 16 heteroatoms. The zero-order valence-corrected chi connectivity index (χ0v) is 30.9. The molecular weight excluding hydrogens is 694 g/mol. The largest absolute Gasteiger partial charge is 0.496 e. The predicted molar refractivity (Wildman–Crippen MR) is 191 cm³/mol. The maximum absolute atomic E-state index is 14.3. The average molecular weight is 744 g/mol. The van der Waals surface area contributed by atoms with Crippen molar-refractivity contribution in [2.75, 3.05) is 25.6 Å². The van der Waals surface area contributed by atoms with E-state index in [-0.39, 0.29) is 26.0 Å². The van der Waals surface area contributed by atoms with Crippen molar-refractivity contribution in [2.45, 2.75) is 101 Å². The number of nitrogens with one attached hydrogen (secondary N) is 4. The minimum absolute atomic E-state index is 0.106. The molecule has 52 heavy (non-hydrogen) atoms. The summed E-state index contributed by atoms with van der Waals surface area (Å²) in [5.74, 6) is -2.18. The minimum atomic E-state index is -3.92. The number of allylic oxidation sites excluding steroid dienone is 2. The molecule has 2 heterocycles. The number of fused-ring (bicyclic) bond motifs is 4. The van der Waals surface area contributed by atoms with E-state index in [1.165, 1.54) is 11.0 Å². The zero-order chi connectivity index (χ0) is 37.8. The van der Waals surface area contributed by atoms with Crippen molar-refractivity contribution in [2.24, 2.45) is 11.3 Å². The van der Waals surface area contributed by atoms with E-state index in [1.807, 2.05) is 12.2 Å². The Kier molecular flexibility index (Phi) is 11.6. The van der Waals surface area contributed by atoms with E-state index in [4.69, 9.17) is 14.2 Å². The number of hydrogen-bond acceptors (Lipinski definition) is 10. The van der Waals surface area contributed by atoms with Gasteiger partial charge in [-0.1, -0.05) is 39.0 Å². The van der Waals surface area contributed by atoms with E-state index in [1.54, 1.807) is 46.1 Å². The van der Waals surface area contributed by atoms with Gasteiger partial charge in [0, 0.05) is 18.0 Å². The summed E-state index contributed by atoms with van der Waals surface area (Å²) in [5.41, 5.74) is -1.17. The highest BCUT2D eigenvalue weighted by Crippen LogP contribution is 2.45. The topological polar surface area (TPSA) is 199 Å². The van der Waals surface area contributed by atoms with E-state index in [0.29, 0.717) is 37.1 Å². The van der Waals surface area contributed by atoms with E-state index in [9.17, 15) is 32.4 Å². The Morgan fingerprint density at radius 3 is 2.52 bits per heavy atom. The van der Waals surface area contributed by atoms with E-state index >= 15 is 0 Å². The SMILES string of the molecule is C=C[C@@H]1C[C@]1(NC(=O)[C@@H]1C[C@@H]2CN1C(=O)[C@H](C(C)(C)C)NC(=O)OCCCC/C=C\Cc1cc(ccc1OC)NC(=O)O2)C(=O)NS(=O)(=O)C1CC1. The number of hydrogen-bond donors (Lipinski definition) is 4. The number of carbonyl (C=O) groups excluding carboxylic acids is 5. The predicted octanol–water partition coefficient (Wildman–Crippen LogP) is 3.31. The molecule has 0 unspecified atom stereocenters. The number of amides is 5. The number of methoxy groups -OCH3 is 1. The third-order valence-corrected chi connectivity index (χ3v) is 11.6. The first-order valence-electron chi connectivity index (χ1n) is 17.6. The van der Waals surface area contributed by atoms with Crippen molar-refractivity contribution in [3.63, 3.8) is 0 Å². The summed E-state index contributed by atoms with van der Waals surface area (Å²) in [7, 11) is -2.36. The molecule has 2 saturated carbocycles. The molecule has 4 bridgehead atoms. The molecule has 0 radical (unpaired) electrons. The van der Waals surface area contributed by atoms with Crippen molar-refractivity contribution in [1.29, 1.82) is 0 Å². The summed E-state index contributed by atoms with van der Waals surface area (Å²) in [4.78, 5) is 69.1.